The van der Waals surface area contributed by atoms with E-state index in [9.17, 15) is 4.79 Å². The predicted molar refractivity (Wildman–Crippen MR) is 39.9 cm³/mol. The SMILES string of the molecule is O=Cc1nnc2n1CCOCC2. The van der Waals surface area contributed by atoms with Gasteiger partial charge in [0.2, 0.25) is 0 Å². The third-order valence-electron chi connectivity index (χ3n) is 1.89. The van der Waals surface area contributed by atoms with Gasteiger partial charge in [-0.15, -0.1) is 10.2 Å². The molecule has 0 saturated heterocycles. The van der Waals surface area contributed by atoms with Gasteiger partial charge >= 0.3 is 0 Å². The molecule has 0 unspecified atom stereocenters. The summed E-state index contributed by atoms with van der Waals surface area (Å²) in [4.78, 5) is 10.5. The molecule has 2 heterocycles. The van der Waals surface area contributed by atoms with E-state index in [4.69, 9.17) is 4.74 Å². The van der Waals surface area contributed by atoms with Crippen molar-refractivity contribution in [2.45, 2.75) is 13.0 Å². The number of hydrogen-bond donors (Lipinski definition) is 0. The fraction of sp³-hybridized carbons (Fsp3) is 0.571. The molecule has 0 atom stereocenters. The number of hydrogen-bond acceptors (Lipinski definition) is 4. The Balaban J connectivity index is 2.38. The van der Waals surface area contributed by atoms with Crippen LogP contribution in [0, 0.1) is 0 Å². The van der Waals surface area contributed by atoms with Gasteiger partial charge in [0.25, 0.3) is 0 Å². The first-order valence-electron chi connectivity index (χ1n) is 3.87. The smallest absolute Gasteiger partial charge is 0.196 e. The lowest BCUT2D eigenvalue weighted by atomic mass is 10.4. The highest BCUT2D eigenvalue weighted by Crippen LogP contribution is 2.05. The van der Waals surface area contributed by atoms with E-state index in [1.165, 1.54) is 0 Å². The minimum Gasteiger partial charge on any atom is -0.379 e. The molecule has 0 N–H and O–H groups in total. The number of aromatic nitrogens is 3. The molecule has 0 bridgehead atoms. The topological polar surface area (TPSA) is 57.0 Å². The van der Waals surface area contributed by atoms with Crippen molar-refractivity contribution in [3.8, 4) is 0 Å². The number of aldehydes is 1. The standard InChI is InChI=1S/C7H9N3O2/c11-5-7-9-8-6-1-3-12-4-2-10(6)7/h5H,1-4H2. The zero-order chi connectivity index (χ0) is 8.39. The maximum atomic E-state index is 10.5. The van der Waals surface area contributed by atoms with Crippen LogP contribution < -0.4 is 0 Å². The number of carbonyl (C=O) groups is 1. The molecule has 0 fully saturated rings. The molecule has 0 spiro atoms. The van der Waals surface area contributed by atoms with Crippen molar-refractivity contribution in [3.05, 3.63) is 11.6 Å². The highest BCUT2D eigenvalue weighted by Gasteiger charge is 2.13. The van der Waals surface area contributed by atoms with E-state index >= 15 is 0 Å². The van der Waals surface area contributed by atoms with Gasteiger partial charge in [-0.1, -0.05) is 0 Å². The summed E-state index contributed by atoms with van der Waals surface area (Å²) in [5.41, 5.74) is 0. The van der Waals surface area contributed by atoms with Gasteiger partial charge < -0.3 is 9.30 Å². The average molecular weight is 167 g/mol. The highest BCUT2D eigenvalue weighted by atomic mass is 16.5. The van der Waals surface area contributed by atoms with Crippen LogP contribution in [-0.2, 0) is 17.7 Å². The molecule has 0 amide bonds. The summed E-state index contributed by atoms with van der Waals surface area (Å²) < 4.78 is 7.04. The Morgan fingerprint density at radius 1 is 1.42 bits per heavy atom. The van der Waals surface area contributed by atoms with Crippen LogP contribution in [0.4, 0.5) is 0 Å². The summed E-state index contributed by atoms with van der Waals surface area (Å²) in [5.74, 6) is 1.24. The van der Waals surface area contributed by atoms with Crippen molar-refractivity contribution >= 4 is 6.29 Å². The first-order valence-corrected chi connectivity index (χ1v) is 3.87. The third kappa shape index (κ3) is 1.12. The molecule has 0 aliphatic carbocycles. The molecular formula is C7H9N3O2. The van der Waals surface area contributed by atoms with Crippen molar-refractivity contribution < 1.29 is 9.53 Å². The number of ether oxygens (including phenoxy) is 1. The minimum atomic E-state index is 0.399. The van der Waals surface area contributed by atoms with Crippen molar-refractivity contribution in [1.82, 2.24) is 14.8 Å². The van der Waals surface area contributed by atoms with Crippen LogP contribution in [0.1, 0.15) is 16.4 Å². The first-order chi connectivity index (χ1) is 5.92. The normalized spacial score (nSPS) is 16.7. The van der Waals surface area contributed by atoms with Crippen LogP contribution in [0.3, 0.4) is 0 Å². The van der Waals surface area contributed by atoms with Crippen molar-refractivity contribution in [1.29, 1.82) is 0 Å². The Morgan fingerprint density at radius 3 is 3.17 bits per heavy atom. The van der Waals surface area contributed by atoms with Gasteiger partial charge in [0, 0.05) is 13.0 Å². The van der Waals surface area contributed by atoms with Gasteiger partial charge in [0.05, 0.1) is 13.2 Å². The number of fused-ring (bicyclic) bond motifs is 1. The Hall–Kier alpha value is -1.23. The van der Waals surface area contributed by atoms with Gasteiger partial charge in [-0.2, -0.15) is 0 Å². The Morgan fingerprint density at radius 2 is 2.33 bits per heavy atom. The molecule has 1 aromatic heterocycles. The van der Waals surface area contributed by atoms with Crippen LogP contribution in [0.25, 0.3) is 0 Å². The maximum absolute atomic E-state index is 10.5. The number of rotatable bonds is 1. The summed E-state index contributed by atoms with van der Waals surface area (Å²) in [6.45, 7) is 1.97. The van der Waals surface area contributed by atoms with Crippen LogP contribution in [0.15, 0.2) is 0 Å². The van der Waals surface area contributed by atoms with Gasteiger partial charge in [-0.25, -0.2) is 0 Å². The Bertz CT molecular complexity index is 295. The van der Waals surface area contributed by atoms with E-state index in [-0.39, 0.29) is 0 Å². The second-order valence-corrected chi connectivity index (χ2v) is 2.61. The molecule has 12 heavy (non-hydrogen) atoms. The minimum absolute atomic E-state index is 0.399. The Labute approximate surface area is 69.4 Å². The average Bonchev–Trinajstić information content (AvgIpc) is 2.33. The fourth-order valence-corrected chi connectivity index (χ4v) is 1.29. The van der Waals surface area contributed by atoms with Crippen molar-refractivity contribution in [2.24, 2.45) is 0 Å². The molecule has 5 heteroatoms. The molecule has 0 aromatic carbocycles. The van der Waals surface area contributed by atoms with Gasteiger partial charge in [-0.3, -0.25) is 4.79 Å². The van der Waals surface area contributed by atoms with E-state index in [1.54, 1.807) is 4.57 Å². The second kappa shape index (κ2) is 3.02. The van der Waals surface area contributed by atoms with E-state index in [0.29, 0.717) is 25.6 Å². The van der Waals surface area contributed by atoms with Crippen molar-refractivity contribution in [2.75, 3.05) is 13.2 Å². The van der Waals surface area contributed by atoms with Gasteiger partial charge in [0.1, 0.15) is 5.82 Å². The van der Waals surface area contributed by atoms with Crippen molar-refractivity contribution in [3.63, 3.8) is 0 Å². The lowest BCUT2D eigenvalue weighted by Gasteiger charge is -2.00. The summed E-state index contributed by atoms with van der Waals surface area (Å²) in [6.07, 6.45) is 1.46. The fourth-order valence-electron chi connectivity index (χ4n) is 1.29. The van der Waals surface area contributed by atoms with E-state index in [1.807, 2.05) is 0 Å². The predicted octanol–water partition coefficient (Wildman–Crippen LogP) is -0.337. The van der Waals surface area contributed by atoms with E-state index in [0.717, 1.165) is 18.5 Å². The van der Waals surface area contributed by atoms with Crippen LogP contribution in [-0.4, -0.2) is 34.3 Å². The lowest BCUT2D eigenvalue weighted by Crippen LogP contribution is -2.07. The summed E-state index contributed by atoms with van der Waals surface area (Å²) >= 11 is 0. The molecule has 0 radical (unpaired) electrons. The zero-order valence-corrected chi connectivity index (χ0v) is 6.56. The first kappa shape index (κ1) is 7.42. The summed E-state index contributed by atoms with van der Waals surface area (Å²) in [7, 11) is 0. The third-order valence-corrected chi connectivity index (χ3v) is 1.89. The molecule has 5 nitrogen and oxygen atoms in total. The highest BCUT2D eigenvalue weighted by molar-refractivity contribution is 5.69. The molecular weight excluding hydrogens is 158 g/mol. The maximum Gasteiger partial charge on any atom is 0.196 e. The monoisotopic (exact) mass is 167 g/mol. The summed E-state index contributed by atoms with van der Waals surface area (Å²) in [6, 6.07) is 0. The van der Waals surface area contributed by atoms with Gasteiger partial charge in [-0.05, 0) is 0 Å². The quantitative estimate of drug-likeness (QED) is 0.537. The van der Waals surface area contributed by atoms with Gasteiger partial charge in [0.15, 0.2) is 12.1 Å². The largest absolute Gasteiger partial charge is 0.379 e. The van der Waals surface area contributed by atoms with E-state index < -0.39 is 0 Å². The van der Waals surface area contributed by atoms with E-state index in [2.05, 4.69) is 10.2 Å². The van der Waals surface area contributed by atoms with Crippen LogP contribution in [0.2, 0.25) is 0 Å². The number of nitrogens with zero attached hydrogens (tertiary/aromatic N) is 3. The van der Waals surface area contributed by atoms with Crippen LogP contribution >= 0.6 is 0 Å². The Kier molecular flexibility index (Phi) is 1.87. The molecule has 64 valence electrons. The molecule has 1 aliphatic rings. The molecule has 2 rings (SSSR count). The lowest BCUT2D eigenvalue weighted by molar-refractivity contribution is 0.110. The zero-order valence-electron chi connectivity index (χ0n) is 6.56. The molecule has 0 saturated carbocycles. The van der Waals surface area contributed by atoms with Crippen LogP contribution in [0.5, 0.6) is 0 Å². The second-order valence-electron chi connectivity index (χ2n) is 2.61. The molecule has 1 aliphatic heterocycles. The number of carbonyl (C=O) groups excluding carboxylic acids is 1. The molecule has 1 aromatic rings. The summed E-state index contributed by atoms with van der Waals surface area (Å²) in [5, 5.41) is 7.64.